The standard InChI is InChI=1S/C23H27BrN2O6S2/c1-2-30-18-11-15(10-17(24)21(18)32-14-20(27)25-5-8-29-9-6-25)12-19-22(28)26(23(33)34-19)13-16-4-3-7-31-16/h10-12,16H,2-9,13-14H2,1H3/b19-12-/t16-/m1/s1. The van der Waals surface area contributed by atoms with Gasteiger partial charge in [0, 0.05) is 19.7 Å². The number of benzene rings is 1. The largest absolute Gasteiger partial charge is 0.490 e. The Bertz CT molecular complexity index is 976. The fourth-order valence-corrected chi connectivity index (χ4v) is 5.76. The van der Waals surface area contributed by atoms with Crippen molar-refractivity contribution in [3.05, 3.63) is 27.1 Å². The predicted octanol–water partition coefficient (Wildman–Crippen LogP) is 3.47. The van der Waals surface area contributed by atoms with Gasteiger partial charge in [-0.3, -0.25) is 14.5 Å². The molecule has 3 aliphatic heterocycles. The maximum atomic E-state index is 13.0. The fourth-order valence-electron chi connectivity index (χ4n) is 3.91. The number of thiocarbonyl (C=S) groups is 1. The predicted molar refractivity (Wildman–Crippen MR) is 137 cm³/mol. The lowest BCUT2D eigenvalue weighted by Gasteiger charge is -2.27. The van der Waals surface area contributed by atoms with E-state index in [1.54, 1.807) is 21.9 Å². The molecule has 184 valence electrons. The Morgan fingerprint density at radius 2 is 2.09 bits per heavy atom. The Morgan fingerprint density at radius 3 is 2.79 bits per heavy atom. The van der Waals surface area contributed by atoms with Crippen LogP contribution in [0.15, 0.2) is 21.5 Å². The monoisotopic (exact) mass is 570 g/mol. The Balaban J connectivity index is 1.48. The smallest absolute Gasteiger partial charge is 0.266 e. The third-order valence-corrected chi connectivity index (χ3v) is 7.58. The molecule has 0 aliphatic carbocycles. The molecular formula is C23H27BrN2O6S2. The van der Waals surface area contributed by atoms with Gasteiger partial charge in [0.15, 0.2) is 18.1 Å². The molecule has 3 saturated heterocycles. The molecule has 2 amide bonds. The topological polar surface area (TPSA) is 77.5 Å². The van der Waals surface area contributed by atoms with Crippen molar-refractivity contribution in [2.45, 2.75) is 25.9 Å². The zero-order valence-corrected chi connectivity index (χ0v) is 22.1. The van der Waals surface area contributed by atoms with Gasteiger partial charge in [-0.1, -0.05) is 24.0 Å². The molecule has 0 spiro atoms. The third kappa shape index (κ3) is 6.12. The zero-order chi connectivity index (χ0) is 24.1. The van der Waals surface area contributed by atoms with Crippen molar-refractivity contribution in [1.29, 1.82) is 0 Å². The van der Waals surface area contributed by atoms with E-state index in [4.69, 9.17) is 31.2 Å². The second-order valence-corrected chi connectivity index (χ2v) is 10.5. The van der Waals surface area contributed by atoms with Gasteiger partial charge in [0.05, 0.1) is 41.8 Å². The van der Waals surface area contributed by atoms with Crippen LogP contribution in [-0.2, 0) is 19.1 Å². The third-order valence-electron chi connectivity index (χ3n) is 5.62. The number of halogens is 1. The molecule has 1 aromatic rings. The highest BCUT2D eigenvalue weighted by Gasteiger charge is 2.34. The SMILES string of the molecule is CCOc1cc(/C=C2\SC(=S)N(C[C@H]3CCCO3)C2=O)cc(Br)c1OCC(=O)N1CCOCC1. The van der Waals surface area contributed by atoms with E-state index in [1.807, 2.05) is 13.0 Å². The number of amides is 2. The summed E-state index contributed by atoms with van der Waals surface area (Å²) in [6.45, 7) is 5.61. The van der Waals surface area contributed by atoms with E-state index in [2.05, 4.69) is 15.9 Å². The van der Waals surface area contributed by atoms with Crippen molar-refractivity contribution in [2.75, 3.05) is 52.7 Å². The van der Waals surface area contributed by atoms with Crippen LogP contribution in [0.4, 0.5) is 0 Å². The van der Waals surface area contributed by atoms with Gasteiger partial charge in [-0.25, -0.2) is 0 Å². The summed E-state index contributed by atoms with van der Waals surface area (Å²) in [5.74, 6) is 0.729. The van der Waals surface area contributed by atoms with Crippen LogP contribution in [0.2, 0.25) is 0 Å². The molecule has 3 aliphatic rings. The molecule has 0 unspecified atom stereocenters. The van der Waals surface area contributed by atoms with Crippen molar-refractivity contribution < 1.29 is 28.5 Å². The van der Waals surface area contributed by atoms with Crippen molar-refractivity contribution in [1.82, 2.24) is 9.80 Å². The summed E-state index contributed by atoms with van der Waals surface area (Å²) in [6, 6.07) is 3.64. The number of nitrogens with zero attached hydrogens (tertiary/aromatic N) is 2. The molecule has 0 bridgehead atoms. The van der Waals surface area contributed by atoms with Crippen LogP contribution in [0, 0.1) is 0 Å². The number of ether oxygens (including phenoxy) is 4. The second kappa shape index (κ2) is 11.9. The maximum absolute atomic E-state index is 13.0. The van der Waals surface area contributed by atoms with Crippen molar-refractivity contribution in [3.8, 4) is 11.5 Å². The van der Waals surface area contributed by atoms with Gasteiger partial charge < -0.3 is 23.8 Å². The number of rotatable bonds is 8. The lowest BCUT2D eigenvalue weighted by molar-refractivity contribution is -0.137. The first-order valence-corrected chi connectivity index (χ1v) is 13.3. The van der Waals surface area contributed by atoms with E-state index in [0.717, 1.165) is 25.0 Å². The molecule has 0 aromatic heterocycles. The van der Waals surface area contributed by atoms with Gasteiger partial charge >= 0.3 is 0 Å². The minimum atomic E-state index is -0.115. The van der Waals surface area contributed by atoms with Crippen LogP contribution in [0.5, 0.6) is 11.5 Å². The zero-order valence-electron chi connectivity index (χ0n) is 18.9. The molecule has 0 N–H and O–H groups in total. The van der Waals surface area contributed by atoms with Gasteiger partial charge in [0.25, 0.3) is 11.8 Å². The van der Waals surface area contributed by atoms with Crippen LogP contribution in [0.1, 0.15) is 25.3 Å². The van der Waals surface area contributed by atoms with E-state index in [9.17, 15) is 9.59 Å². The molecule has 11 heteroatoms. The van der Waals surface area contributed by atoms with E-state index in [0.29, 0.717) is 64.7 Å². The van der Waals surface area contributed by atoms with E-state index in [1.165, 1.54) is 11.8 Å². The molecule has 3 fully saturated rings. The molecule has 3 heterocycles. The first-order chi connectivity index (χ1) is 16.5. The molecule has 4 rings (SSSR count). The second-order valence-electron chi connectivity index (χ2n) is 7.97. The van der Waals surface area contributed by atoms with Crippen LogP contribution in [0.25, 0.3) is 6.08 Å². The van der Waals surface area contributed by atoms with Crippen molar-refractivity contribution >= 4 is 62.1 Å². The number of hydrogen-bond acceptors (Lipinski definition) is 8. The summed E-state index contributed by atoms with van der Waals surface area (Å²) in [5.41, 5.74) is 0.764. The quantitative estimate of drug-likeness (QED) is 0.347. The van der Waals surface area contributed by atoms with Crippen LogP contribution >= 0.6 is 39.9 Å². The number of carbonyl (C=O) groups is 2. The lowest BCUT2D eigenvalue weighted by Crippen LogP contribution is -2.43. The Kier molecular flexibility index (Phi) is 8.86. The Labute approximate surface area is 217 Å². The molecule has 1 atom stereocenters. The van der Waals surface area contributed by atoms with Crippen LogP contribution in [0.3, 0.4) is 0 Å². The minimum Gasteiger partial charge on any atom is -0.490 e. The lowest BCUT2D eigenvalue weighted by atomic mass is 10.1. The number of hydrogen-bond donors (Lipinski definition) is 0. The first-order valence-electron chi connectivity index (χ1n) is 11.3. The normalized spacial score (nSPS) is 22.1. The summed E-state index contributed by atoms with van der Waals surface area (Å²) < 4.78 is 23.8. The highest BCUT2D eigenvalue weighted by atomic mass is 79.9. The Morgan fingerprint density at radius 1 is 1.29 bits per heavy atom. The molecule has 0 radical (unpaired) electrons. The van der Waals surface area contributed by atoms with Crippen molar-refractivity contribution in [3.63, 3.8) is 0 Å². The van der Waals surface area contributed by atoms with Gasteiger partial charge in [0.2, 0.25) is 0 Å². The summed E-state index contributed by atoms with van der Waals surface area (Å²) in [7, 11) is 0. The summed E-state index contributed by atoms with van der Waals surface area (Å²) in [6.07, 6.45) is 3.79. The molecule has 1 aromatic carbocycles. The van der Waals surface area contributed by atoms with E-state index >= 15 is 0 Å². The van der Waals surface area contributed by atoms with Gasteiger partial charge in [0.1, 0.15) is 4.32 Å². The molecule has 0 saturated carbocycles. The fraction of sp³-hybridized carbons (Fsp3) is 0.522. The number of thioether (sulfide) groups is 1. The minimum absolute atomic E-state index is 0.0390. The average molecular weight is 572 g/mol. The van der Waals surface area contributed by atoms with Crippen LogP contribution in [-0.4, -0.2) is 84.7 Å². The van der Waals surface area contributed by atoms with Gasteiger partial charge in [-0.2, -0.15) is 0 Å². The highest BCUT2D eigenvalue weighted by Crippen LogP contribution is 2.39. The van der Waals surface area contributed by atoms with Gasteiger partial charge in [-0.05, 0) is 59.5 Å². The number of carbonyl (C=O) groups excluding carboxylic acids is 2. The highest BCUT2D eigenvalue weighted by molar-refractivity contribution is 9.10. The summed E-state index contributed by atoms with van der Waals surface area (Å²) in [5, 5.41) is 0. The maximum Gasteiger partial charge on any atom is 0.266 e. The van der Waals surface area contributed by atoms with Crippen molar-refractivity contribution in [2.24, 2.45) is 0 Å². The van der Waals surface area contributed by atoms with E-state index < -0.39 is 0 Å². The van der Waals surface area contributed by atoms with Gasteiger partial charge in [-0.15, -0.1) is 0 Å². The molecule has 8 nitrogen and oxygen atoms in total. The first kappa shape index (κ1) is 25.4. The molecule has 34 heavy (non-hydrogen) atoms. The summed E-state index contributed by atoms with van der Waals surface area (Å²) in [4.78, 5) is 29.4. The Hall–Kier alpha value is -1.66. The molecular weight excluding hydrogens is 544 g/mol. The van der Waals surface area contributed by atoms with E-state index in [-0.39, 0.29) is 24.5 Å². The number of morpholine rings is 1. The average Bonchev–Trinajstić information content (AvgIpc) is 3.43. The van der Waals surface area contributed by atoms with Crippen LogP contribution < -0.4 is 9.47 Å². The summed E-state index contributed by atoms with van der Waals surface area (Å²) >= 11 is 10.3.